The molecule has 0 saturated heterocycles. The van der Waals surface area contributed by atoms with E-state index in [4.69, 9.17) is 0 Å². The van der Waals surface area contributed by atoms with Crippen molar-refractivity contribution < 1.29 is 13.2 Å². The van der Waals surface area contributed by atoms with Gasteiger partial charge in [0.15, 0.2) is 11.6 Å². The van der Waals surface area contributed by atoms with Gasteiger partial charge in [0.25, 0.3) is 0 Å². The molecule has 0 nitrogen and oxygen atoms in total. The van der Waals surface area contributed by atoms with Crippen molar-refractivity contribution in [1.29, 1.82) is 0 Å². The maximum Gasteiger partial charge on any atom is 0.166 e. The molecule has 142 valence electrons. The molecule has 0 bridgehead atoms. The van der Waals surface area contributed by atoms with Gasteiger partial charge in [0, 0.05) is 11.1 Å². The zero-order valence-electron chi connectivity index (χ0n) is 16.0. The van der Waals surface area contributed by atoms with Gasteiger partial charge in [0.05, 0.1) is 5.56 Å². The van der Waals surface area contributed by atoms with Gasteiger partial charge in [-0.05, 0) is 53.8 Å². The molecule has 0 fully saturated rings. The van der Waals surface area contributed by atoms with Gasteiger partial charge >= 0.3 is 0 Å². The molecule has 0 unspecified atom stereocenters. The maximum absolute atomic E-state index is 14.4. The minimum Gasteiger partial charge on any atom is -0.206 e. The van der Waals surface area contributed by atoms with Crippen molar-refractivity contribution >= 4 is 0 Å². The van der Waals surface area contributed by atoms with Gasteiger partial charge in [-0.1, -0.05) is 62.4 Å². The first kappa shape index (κ1) is 19.8. The van der Waals surface area contributed by atoms with Gasteiger partial charge < -0.3 is 0 Å². The number of rotatable bonds is 4. The van der Waals surface area contributed by atoms with Gasteiger partial charge in [0.1, 0.15) is 5.82 Å². The number of halogens is 3. The van der Waals surface area contributed by atoms with Crippen LogP contribution in [-0.2, 0) is 12.8 Å². The number of hydrogen-bond donors (Lipinski definition) is 0. The van der Waals surface area contributed by atoms with Gasteiger partial charge in [-0.3, -0.25) is 0 Å². The summed E-state index contributed by atoms with van der Waals surface area (Å²) in [7, 11) is 0. The first-order chi connectivity index (χ1) is 13.5. The Morgan fingerprint density at radius 3 is 2.18 bits per heavy atom. The highest BCUT2D eigenvalue weighted by atomic mass is 19.2. The molecule has 3 rings (SSSR count). The van der Waals surface area contributed by atoms with Crippen molar-refractivity contribution in [3.05, 3.63) is 94.3 Å². The third-order valence-corrected chi connectivity index (χ3v) is 4.66. The Bertz CT molecular complexity index is 1040. The normalized spacial score (nSPS) is 10.5. The molecule has 0 aliphatic rings. The molecule has 0 amide bonds. The van der Waals surface area contributed by atoms with E-state index < -0.39 is 11.6 Å². The second-order valence-corrected chi connectivity index (χ2v) is 6.65. The third kappa shape index (κ3) is 4.28. The summed E-state index contributed by atoms with van der Waals surface area (Å²) in [5.74, 6) is 3.78. The highest BCUT2D eigenvalue weighted by Gasteiger charge is 2.14. The predicted molar refractivity (Wildman–Crippen MR) is 108 cm³/mol. The summed E-state index contributed by atoms with van der Waals surface area (Å²) in [6.45, 7) is 3.89. The lowest BCUT2D eigenvalue weighted by Crippen LogP contribution is -1.97. The molecule has 28 heavy (non-hydrogen) atoms. The number of aryl methyl sites for hydroxylation is 2. The maximum atomic E-state index is 14.4. The summed E-state index contributed by atoms with van der Waals surface area (Å²) in [4.78, 5) is 0. The largest absolute Gasteiger partial charge is 0.206 e. The van der Waals surface area contributed by atoms with E-state index in [1.54, 1.807) is 42.5 Å². The van der Waals surface area contributed by atoms with Crippen molar-refractivity contribution in [3.8, 4) is 23.0 Å². The zero-order valence-corrected chi connectivity index (χ0v) is 16.0. The molecule has 0 radical (unpaired) electrons. The molecule has 0 atom stereocenters. The average molecular weight is 378 g/mol. The third-order valence-electron chi connectivity index (χ3n) is 4.66. The van der Waals surface area contributed by atoms with Crippen LogP contribution in [0, 0.1) is 29.3 Å². The second-order valence-electron chi connectivity index (χ2n) is 6.65. The van der Waals surface area contributed by atoms with E-state index in [1.807, 2.05) is 19.9 Å². The van der Waals surface area contributed by atoms with Crippen LogP contribution < -0.4 is 0 Å². The van der Waals surface area contributed by atoms with E-state index in [2.05, 4.69) is 11.8 Å². The van der Waals surface area contributed by atoms with Crippen LogP contribution >= 0.6 is 0 Å². The SMILES string of the molecule is CCCc1ccc(-c2ccc(C#Cc3ccc(CC)cc3F)cc2)c(F)c1F. The fraction of sp³-hybridized carbons (Fsp3) is 0.200. The Labute approximate surface area is 164 Å². The monoisotopic (exact) mass is 378 g/mol. The van der Waals surface area contributed by atoms with Crippen molar-refractivity contribution in [2.75, 3.05) is 0 Å². The van der Waals surface area contributed by atoms with Gasteiger partial charge in [0.2, 0.25) is 0 Å². The molecule has 0 aliphatic carbocycles. The quantitative estimate of drug-likeness (QED) is 0.444. The predicted octanol–water partition coefficient (Wildman–Crippen LogP) is 6.69. The van der Waals surface area contributed by atoms with E-state index >= 15 is 0 Å². The molecule has 3 aromatic rings. The molecular formula is C25H21F3. The molecule has 0 saturated carbocycles. The summed E-state index contributed by atoms with van der Waals surface area (Å²) >= 11 is 0. The van der Waals surface area contributed by atoms with Gasteiger partial charge in [-0.2, -0.15) is 0 Å². The minimum absolute atomic E-state index is 0.220. The fourth-order valence-corrected chi connectivity index (χ4v) is 3.03. The van der Waals surface area contributed by atoms with E-state index in [0.29, 0.717) is 28.7 Å². The Morgan fingerprint density at radius 2 is 1.54 bits per heavy atom. The van der Waals surface area contributed by atoms with E-state index in [1.165, 1.54) is 6.07 Å². The highest BCUT2D eigenvalue weighted by molar-refractivity contribution is 5.66. The van der Waals surface area contributed by atoms with Crippen molar-refractivity contribution in [2.45, 2.75) is 33.1 Å². The molecule has 0 aromatic heterocycles. The lowest BCUT2D eigenvalue weighted by Gasteiger charge is -2.08. The van der Waals surface area contributed by atoms with Crippen LogP contribution in [0.3, 0.4) is 0 Å². The van der Waals surface area contributed by atoms with E-state index in [9.17, 15) is 13.2 Å². The zero-order chi connectivity index (χ0) is 20.1. The standard InChI is InChI=1S/C25H21F3/c1-3-5-21-14-15-22(25(28)24(21)27)19-10-7-18(8-11-19)9-13-20-12-6-17(4-2)16-23(20)26/h6-8,10-12,14-16H,3-5H2,1-2H3. The van der Waals surface area contributed by atoms with Crippen LogP contribution in [0.4, 0.5) is 13.2 Å². The molecule has 0 N–H and O–H groups in total. The lowest BCUT2D eigenvalue weighted by molar-refractivity contribution is 0.500. The summed E-state index contributed by atoms with van der Waals surface area (Å²) in [6.07, 6.45) is 2.03. The van der Waals surface area contributed by atoms with Crippen molar-refractivity contribution in [3.63, 3.8) is 0 Å². The summed E-state index contributed by atoms with van der Waals surface area (Å²) < 4.78 is 42.6. The topological polar surface area (TPSA) is 0 Å². The molecule has 3 heteroatoms. The van der Waals surface area contributed by atoms with Crippen molar-refractivity contribution in [2.24, 2.45) is 0 Å². The van der Waals surface area contributed by atoms with Crippen LogP contribution in [0.2, 0.25) is 0 Å². The van der Waals surface area contributed by atoms with Crippen LogP contribution in [0.25, 0.3) is 11.1 Å². The first-order valence-corrected chi connectivity index (χ1v) is 9.41. The highest BCUT2D eigenvalue weighted by Crippen LogP contribution is 2.27. The summed E-state index contributed by atoms with van der Waals surface area (Å²) in [5.41, 5.74) is 3.11. The molecule has 3 aromatic carbocycles. The molecule has 0 aliphatic heterocycles. The lowest BCUT2D eigenvalue weighted by atomic mass is 9.99. The first-order valence-electron chi connectivity index (χ1n) is 9.41. The minimum atomic E-state index is -0.831. The number of hydrogen-bond acceptors (Lipinski definition) is 0. The molecular weight excluding hydrogens is 357 g/mol. The second kappa shape index (κ2) is 8.80. The van der Waals surface area contributed by atoms with E-state index in [-0.39, 0.29) is 11.4 Å². The summed E-state index contributed by atoms with van der Waals surface area (Å²) in [6, 6.07) is 15.1. The Kier molecular flexibility index (Phi) is 6.21. The van der Waals surface area contributed by atoms with Crippen molar-refractivity contribution in [1.82, 2.24) is 0 Å². The Hall–Kier alpha value is -2.99. The Morgan fingerprint density at radius 1 is 0.786 bits per heavy atom. The molecule has 0 heterocycles. The smallest absolute Gasteiger partial charge is 0.166 e. The van der Waals surface area contributed by atoms with Gasteiger partial charge in [-0.25, -0.2) is 13.2 Å². The fourth-order valence-electron chi connectivity index (χ4n) is 3.03. The average Bonchev–Trinajstić information content (AvgIpc) is 2.71. The van der Waals surface area contributed by atoms with Gasteiger partial charge in [-0.15, -0.1) is 0 Å². The van der Waals surface area contributed by atoms with Crippen LogP contribution in [0.15, 0.2) is 54.6 Å². The summed E-state index contributed by atoms with van der Waals surface area (Å²) in [5, 5.41) is 0. The number of benzene rings is 3. The van der Waals surface area contributed by atoms with Crippen LogP contribution in [0.5, 0.6) is 0 Å². The van der Waals surface area contributed by atoms with Crippen LogP contribution in [-0.4, -0.2) is 0 Å². The molecule has 0 spiro atoms. The Balaban J connectivity index is 1.84. The van der Waals surface area contributed by atoms with Crippen LogP contribution in [0.1, 0.15) is 42.5 Å². The van der Waals surface area contributed by atoms with E-state index in [0.717, 1.165) is 18.4 Å².